The molecule has 2 aromatic heterocycles. The van der Waals surface area contributed by atoms with E-state index in [2.05, 4.69) is 11.1 Å². The molecule has 0 amide bonds. The van der Waals surface area contributed by atoms with E-state index in [0.717, 1.165) is 22.1 Å². The van der Waals surface area contributed by atoms with Crippen LogP contribution in [-0.4, -0.2) is 21.2 Å². The van der Waals surface area contributed by atoms with Crippen LogP contribution in [0.5, 0.6) is 5.75 Å². The van der Waals surface area contributed by atoms with Gasteiger partial charge in [-0.3, -0.25) is 14.1 Å². The average molecular weight is 438 g/mol. The number of hydrogen-bond donors (Lipinski definition) is 0. The van der Waals surface area contributed by atoms with Crippen LogP contribution in [0.3, 0.4) is 0 Å². The molecule has 2 heterocycles. The summed E-state index contributed by atoms with van der Waals surface area (Å²) in [5, 5.41) is 10.2. The van der Waals surface area contributed by atoms with E-state index in [0.29, 0.717) is 27.8 Å². The number of fused-ring (bicyclic) bond motifs is 3. The van der Waals surface area contributed by atoms with Gasteiger partial charge >= 0.3 is 5.69 Å². The minimum Gasteiger partial charge on any atom is -0.494 e. The molecule has 0 saturated carbocycles. The van der Waals surface area contributed by atoms with Crippen LogP contribution < -0.4 is 10.4 Å². The maximum atomic E-state index is 13.9. The lowest BCUT2D eigenvalue weighted by Gasteiger charge is -2.11. The van der Waals surface area contributed by atoms with Gasteiger partial charge in [0.1, 0.15) is 0 Å². The van der Waals surface area contributed by atoms with Gasteiger partial charge in [0, 0.05) is 12.4 Å². The fraction of sp³-hybridized carbons (Fsp3) is 0.115. The first-order valence-corrected chi connectivity index (χ1v) is 10.3. The molecule has 0 saturated heterocycles. The maximum Gasteiger partial charge on any atom is 0.333 e. The normalized spacial score (nSPS) is 11.1. The molecule has 162 valence electrons. The molecule has 7 heteroatoms. The number of ether oxygens (including phenoxy) is 1. The monoisotopic (exact) mass is 438 g/mol. The van der Waals surface area contributed by atoms with Crippen molar-refractivity contribution in [3.63, 3.8) is 0 Å². The fourth-order valence-corrected chi connectivity index (χ4v) is 4.16. The molecule has 5 rings (SSSR count). The molecule has 5 aromatic rings. The Kier molecular flexibility index (Phi) is 4.72. The number of nitrogens with zero attached hydrogens (tertiary/aromatic N) is 4. The third-order valence-corrected chi connectivity index (χ3v) is 5.95. The van der Waals surface area contributed by atoms with Crippen LogP contribution in [0.2, 0.25) is 0 Å². The molecule has 0 aliphatic carbocycles. The number of halogens is 1. The van der Waals surface area contributed by atoms with Crippen molar-refractivity contribution in [1.29, 1.82) is 5.26 Å². The van der Waals surface area contributed by atoms with Crippen LogP contribution in [0.15, 0.2) is 65.6 Å². The maximum absolute atomic E-state index is 13.9. The van der Waals surface area contributed by atoms with E-state index >= 15 is 0 Å². The SMILES string of the molecule is COc1cc(-c2ccc3ncc4c(c3c2)n(-c2cc(C#N)ccc2C)c(=O)n4C)ccc1F. The van der Waals surface area contributed by atoms with Crippen LogP contribution in [0, 0.1) is 24.1 Å². The highest BCUT2D eigenvalue weighted by Crippen LogP contribution is 2.32. The summed E-state index contributed by atoms with van der Waals surface area (Å²) >= 11 is 0. The number of imidazole rings is 1. The van der Waals surface area contributed by atoms with Gasteiger partial charge in [0.05, 0.1) is 47.2 Å². The predicted molar refractivity (Wildman–Crippen MR) is 125 cm³/mol. The molecule has 0 aliphatic heterocycles. The quantitative estimate of drug-likeness (QED) is 0.403. The summed E-state index contributed by atoms with van der Waals surface area (Å²) in [5.41, 5.74) is 5.45. The third-order valence-electron chi connectivity index (χ3n) is 5.95. The van der Waals surface area contributed by atoms with Crippen molar-refractivity contribution in [2.24, 2.45) is 7.05 Å². The molecule has 0 radical (unpaired) electrons. The van der Waals surface area contributed by atoms with Crippen molar-refractivity contribution in [3.05, 3.63) is 88.2 Å². The first kappa shape index (κ1) is 20.5. The highest BCUT2D eigenvalue weighted by atomic mass is 19.1. The van der Waals surface area contributed by atoms with Gasteiger partial charge in [0.15, 0.2) is 11.6 Å². The molecule has 0 aliphatic rings. The molecular formula is C26H19FN4O2. The zero-order valence-electron chi connectivity index (χ0n) is 18.3. The van der Waals surface area contributed by atoms with Crippen LogP contribution in [0.4, 0.5) is 4.39 Å². The molecule has 3 aromatic carbocycles. The second-order valence-corrected chi connectivity index (χ2v) is 7.86. The van der Waals surface area contributed by atoms with Gasteiger partial charge in [-0.15, -0.1) is 0 Å². The average Bonchev–Trinajstić information content (AvgIpc) is 3.09. The zero-order chi connectivity index (χ0) is 23.3. The first-order chi connectivity index (χ1) is 15.9. The van der Waals surface area contributed by atoms with E-state index in [1.807, 2.05) is 31.2 Å². The summed E-state index contributed by atoms with van der Waals surface area (Å²) in [5.74, 6) is -0.277. The topological polar surface area (TPSA) is 72.8 Å². The minimum absolute atomic E-state index is 0.157. The van der Waals surface area contributed by atoms with Gasteiger partial charge in [-0.25, -0.2) is 9.18 Å². The fourth-order valence-electron chi connectivity index (χ4n) is 4.16. The highest BCUT2D eigenvalue weighted by molar-refractivity contribution is 6.04. The standard InChI is InChI=1S/C26H19FN4O2/c1-15-4-5-16(13-28)10-22(15)31-25-19-11-17(18-6-8-20(27)24(12-18)33-3)7-9-21(19)29-14-23(25)30(2)26(31)32/h4-12,14H,1-3H3. The summed E-state index contributed by atoms with van der Waals surface area (Å²) in [6, 6.07) is 17.8. The van der Waals surface area contributed by atoms with Crippen molar-refractivity contribution in [2.45, 2.75) is 6.92 Å². The molecular weight excluding hydrogens is 419 g/mol. The number of hydrogen-bond acceptors (Lipinski definition) is 4. The van der Waals surface area contributed by atoms with Crippen molar-refractivity contribution < 1.29 is 9.13 Å². The second kappa shape index (κ2) is 7.61. The van der Waals surface area contributed by atoms with Gasteiger partial charge in [-0.2, -0.15) is 5.26 Å². The molecule has 0 fully saturated rings. The van der Waals surface area contributed by atoms with E-state index in [4.69, 9.17) is 4.74 Å². The van der Waals surface area contributed by atoms with Gasteiger partial charge in [-0.1, -0.05) is 18.2 Å². The Labute approximate surface area is 188 Å². The lowest BCUT2D eigenvalue weighted by atomic mass is 10.0. The summed E-state index contributed by atoms with van der Waals surface area (Å²) in [6.07, 6.45) is 1.68. The number of pyridine rings is 1. The Bertz CT molecular complexity index is 1670. The van der Waals surface area contributed by atoms with Gasteiger partial charge in [0.25, 0.3) is 0 Å². The first-order valence-electron chi connectivity index (χ1n) is 10.3. The number of aryl methyl sites for hydroxylation is 2. The van der Waals surface area contributed by atoms with Crippen LogP contribution in [0.1, 0.15) is 11.1 Å². The third kappa shape index (κ3) is 3.15. The molecule has 0 spiro atoms. The van der Waals surface area contributed by atoms with Gasteiger partial charge < -0.3 is 4.74 Å². The van der Waals surface area contributed by atoms with Crippen molar-refractivity contribution >= 4 is 21.9 Å². The minimum atomic E-state index is -0.434. The number of nitriles is 1. The van der Waals surface area contributed by atoms with E-state index in [1.54, 1.807) is 46.6 Å². The smallest absolute Gasteiger partial charge is 0.333 e. The van der Waals surface area contributed by atoms with Gasteiger partial charge in [0.2, 0.25) is 0 Å². The van der Waals surface area contributed by atoms with E-state index in [-0.39, 0.29) is 11.4 Å². The van der Waals surface area contributed by atoms with Crippen molar-refractivity contribution in [3.8, 4) is 28.6 Å². The molecule has 0 atom stereocenters. The number of methoxy groups -OCH3 is 1. The summed E-state index contributed by atoms with van der Waals surface area (Å²) in [4.78, 5) is 17.9. The Balaban J connectivity index is 1.87. The zero-order valence-corrected chi connectivity index (χ0v) is 18.3. The lowest BCUT2D eigenvalue weighted by molar-refractivity contribution is 0.387. The molecule has 6 nitrogen and oxygen atoms in total. The molecule has 0 N–H and O–H groups in total. The predicted octanol–water partition coefficient (Wildman–Crippen LogP) is 4.87. The van der Waals surface area contributed by atoms with Crippen LogP contribution >= 0.6 is 0 Å². The number of rotatable bonds is 3. The molecule has 0 unspecified atom stereocenters. The molecule has 33 heavy (non-hydrogen) atoms. The Morgan fingerprint density at radius 3 is 2.58 bits per heavy atom. The van der Waals surface area contributed by atoms with Crippen LogP contribution in [-0.2, 0) is 7.05 Å². The van der Waals surface area contributed by atoms with Crippen molar-refractivity contribution in [2.75, 3.05) is 7.11 Å². The Morgan fingerprint density at radius 2 is 1.82 bits per heavy atom. The number of aromatic nitrogens is 3. The van der Waals surface area contributed by atoms with E-state index < -0.39 is 5.82 Å². The summed E-state index contributed by atoms with van der Waals surface area (Å²) in [6.45, 7) is 1.90. The Morgan fingerprint density at radius 1 is 1.06 bits per heavy atom. The highest BCUT2D eigenvalue weighted by Gasteiger charge is 2.18. The van der Waals surface area contributed by atoms with E-state index in [9.17, 15) is 14.4 Å². The summed E-state index contributed by atoms with van der Waals surface area (Å²) in [7, 11) is 3.13. The van der Waals surface area contributed by atoms with E-state index in [1.165, 1.54) is 13.2 Å². The second-order valence-electron chi connectivity index (χ2n) is 7.86. The Hall–Kier alpha value is -4.44. The number of benzene rings is 3. The van der Waals surface area contributed by atoms with Crippen molar-refractivity contribution in [1.82, 2.24) is 14.1 Å². The molecule has 0 bridgehead atoms. The largest absolute Gasteiger partial charge is 0.494 e. The lowest BCUT2D eigenvalue weighted by Crippen LogP contribution is -2.21. The van der Waals surface area contributed by atoms with Crippen LogP contribution in [0.25, 0.3) is 38.8 Å². The summed E-state index contributed by atoms with van der Waals surface area (Å²) < 4.78 is 22.2. The van der Waals surface area contributed by atoms with Gasteiger partial charge in [-0.05, 0) is 60.0 Å².